The molecule has 85 valence electrons. The molecule has 17 heavy (non-hydrogen) atoms. The van der Waals surface area contributed by atoms with Gasteiger partial charge in [-0.2, -0.15) is 8.42 Å². The molecule has 1 aliphatic carbocycles. The third kappa shape index (κ3) is 1.41. The second-order valence-electron chi connectivity index (χ2n) is 3.83. The first-order valence-electron chi connectivity index (χ1n) is 5.06. The molecular weight excluding hydrogens is 236 g/mol. The molecule has 3 nitrogen and oxygen atoms in total. The highest BCUT2D eigenvalue weighted by Crippen LogP contribution is 2.39. The molecule has 0 spiro atoms. The molecule has 0 aromatic heterocycles. The van der Waals surface area contributed by atoms with Crippen molar-refractivity contribution in [2.45, 2.75) is 0 Å². The lowest BCUT2D eigenvalue weighted by Crippen LogP contribution is -2.02. The Balaban J connectivity index is 2.39. The van der Waals surface area contributed by atoms with E-state index >= 15 is 0 Å². The van der Waals surface area contributed by atoms with Crippen molar-refractivity contribution in [3.05, 3.63) is 54.6 Å². The van der Waals surface area contributed by atoms with Crippen LogP contribution in [0.3, 0.4) is 0 Å². The fourth-order valence-electron chi connectivity index (χ4n) is 2.18. The first kappa shape index (κ1) is 10.5. The van der Waals surface area contributed by atoms with Gasteiger partial charge in [-0.25, -0.2) is 0 Å². The minimum atomic E-state index is -3.76. The van der Waals surface area contributed by atoms with Crippen LogP contribution in [-0.2, 0) is 14.3 Å². The summed E-state index contributed by atoms with van der Waals surface area (Å²) in [4.78, 5) is 0.180. The van der Waals surface area contributed by atoms with Crippen LogP contribution < -0.4 is 0 Å². The lowest BCUT2D eigenvalue weighted by atomic mass is 10.0. The summed E-state index contributed by atoms with van der Waals surface area (Å²) in [5, 5.41) is 1.97. The molecule has 2 aromatic rings. The number of rotatable bonds is 2. The van der Waals surface area contributed by atoms with E-state index in [4.69, 9.17) is 0 Å². The van der Waals surface area contributed by atoms with Crippen molar-refractivity contribution < 1.29 is 12.6 Å². The molecule has 0 fully saturated rings. The van der Waals surface area contributed by atoms with Gasteiger partial charge in [-0.15, -0.1) is 0 Å². The number of hydrogen-bond donors (Lipinski definition) is 0. The fraction of sp³-hybridized carbons (Fsp3) is 0. The van der Waals surface area contributed by atoms with Gasteiger partial charge < -0.3 is 0 Å². The van der Waals surface area contributed by atoms with Gasteiger partial charge in [0.15, 0.2) is 0 Å². The van der Waals surface area contributed by atoms with Gasteiger partial charge in [0.05, 0.1) is 7.11 Å². The Hall–Kier alpha value is -1.65. The quantitative estimate of drug-likeness (QED) is 0.764. The maximum Gasteiger partial charge on any atom is 0.297 e. The van der Waals surface area contributed by atoms with Crippen molar-refractivity contribution in [2.24, 2.45) is 0 Å². The van der Waals surface area contributed by atoms with Gasteiger partial charge in [0.1, 0.15) is 4.91 Å². The maximum atomic E-state index is 11.8. The predicted octanol–water partition coefficient (Wildman–Crippen LogP) is 2.79. The molecule has 0 saturated heterocycles. The summed E-state index contributed by atoms with van der Waals surface area (Å²) in [5.41, 5.74) is 1.58. The summed E-state index contributed by atoms with van der Waals surface area (Å²) in [6.45, 7) is 0. The third-order valence-corrected chi connectivity index (χ3v) is 4.10. The van der Waals surface area contributed by atoms with Gasteiger partial charge in [-0.3, -0.25) is 4.18 Å². The zero-order chi connectivity index (χ0) is 12.0. The number of benzene rings is 2. The summed E-state index contributed by atoms with van der Waals surface area (Å²) in [6, 6.07) is 11.3. The second-order valence-corrected chi connectivity index (χ2v) is 5.42. The fourth-order valence-corrected chi connectivity index (χ4v) is 3.02. The average molecular weight is 245 g/mol. The highest BCUT2D eigenvalue weighted by Gasteiger charge is 2.26. The molecule has 0 heterocycles. The van der Waals surface area contributed by atoms with Gasteiger partial charge >= 0.3 is 0 Å². The lowest BCUT2D eigenvalue weighted by Gasteiger charge is -2.05. The van der Waals surface area contributed by atoms with E-state index in [0.29, 0.717) is 5.56 Å². The van der Waals surface area contributed by atoms with Crippen LogP contribution in [0.2, 0.25) is 0 Å². The predicted molar refractivity (Wildman–Crippen MR) is 67.2 cm³/mol. The standard InChI is InChI=1S/C13H9O3S/c1-16-17(14,15)12-8-10-6-2-4-9-5-3-7-11(12)13(9)10/h2-8H,1H2. The minimum Gasteiger partial charge on any atom is -0.264 e. The second kappa shape index (κ2) is 3.42. The average Bonchev–Trinajstić information content (AvgIpc) is 2.72. The molecule has 0 atom stereocenters. The molecule has 1 radical (unpaired) electrons. The third-order valence-electron chi connectivity index (χ3n) is 2.91. The van der Waals surface area contributed by atoms with Crippen LogP contribution >= 0.6 is 0 Å². The molecule has 0 unspecified atom stereocenters. The Kier molecular flexibility index (Phi) is 2.11. The summed E-state index contributed by atoms with van der Waals surface area (Å²) >= 11 is 0. The van der Waals surface area contributed by atoms with E-state index in [2.05, 4.69) is 11.3 Å². The Morgan fingerprint density at radius 3 is 2.47 bits per heavy atom. The van der Waals surface area contributed by atoms with E-state index < -0.39 is 10.1 Å². The van der Waals surface area contributed by atoms with E-state index in [1.165, 1.54) is 0 Å². The molecular formula is C13H9O3S. The van der Waals surface area contributed by atoms with Crippen molar-refractivity contribution in [1.82, 2.24) is 0 Å². The Bertz CT molecular complexity index is 737. The van der Waals surface area contributed by atoms with Crippen molar-refractivity contribution in [2.75, 3.05) is 0 Å². The van der Waals surface area contributed by atoms with Crippen LogP contribution in [0.1, 0.15) is 11.1 Å². The largest absolute Gasteiger partial charge is 0.297 e. The van der Waals surface area contributed by atoms with Gasteiger partial charge in [0.2, 0.25) is 0 Å². The highest BCUT2D eigenvalue weighted by molar-refractivity contribution is 7.96. The van der Waals surface area contributed by atoms with Crippen molar-refractivity contribution in [3.8, 4) is 0 Å². The minimum absolute atomic E-state index is 0.180. The van der Waals surface area contributed by atoms with Crippen LogP contribution in [0.15, 0.2) is 36.4 Å². The zero-order valence-electron chi connectivity index (χ0n) is 8.88. The maximum absolute atomic E-state index is 11.8. The highest BCUT2D eigenvalue weighted by atomic mass is 32.2. The van der Waals surface area contributed by atoms with Crippen LogP contribution in [0.5, 0.6) is 0 Å². The van der Waals surface area contributed by atoms with Gasteiger partial charge in [-0.1, -0.05) is 36.4 Å². The van der Waals surface area contributed by atoms with Crippen molar-refractivity contribution in [3.63, 3.8) is 0 Å². The Morgan fingerprint density at radius 1 is 1.06 bits per heavy atom. The zero-order valence-corrected chi connectivity index (χ0v) is 9.70. The first-order chi connectivity index (χ1) is 8.13. The van der Waals surface area contributed by atoms with Crippen LogP contribution in [0.25, 0.3) is 21.8 Å². The van der Waals surface area contributed by atoms with E-state index in [-0.39, 0.29) is 4.91 Å². The Morgan fingerprint density at radius 2 is 1.76 bits per heavy atom. The van der Waals surface area contributed by atoms with Crippen LogP contribution in [0.4, 0.5) is 0 Å². The molecule has 0 aliphatic heterocycles. The van der Waals surface area contributed by atoms with Crippen molar-refractivity contribution in [1.29, 1.82) is 0 Å². The van der Waals surface area contributed by atoms with E-state index in [9.17, 15) is 8.42 Å². The van der Waals surface area contributed by atoms with Crippen LogP contribution in [-0.4, -0.2) is 8.42 Å². The SMILES string of the molecule is [CH2]OS(=O)(=O)C1=Cc2cccc3cccc1c23. The normalized spacial score (nSPS) is 14.1. The topological polar surface area (TPSA) is 43.4 Å². The molecule has 2 aromatic carbocycles. The summed E-state index contributed by atoms with van der Waals surface area (Å²) in [7, 11) is -0.762. The Labute approximate surface area is 99.5 Å². The van der Waals surface area contributed by atoms with Gasteiger partial charge in [-0.05, 0) is 22.4 Å². The molecule has 1 aliphatic rings. The van der Waals surface area contributed by atoms with E-state index in [0.717, 1.165) is 16.3 Å². The van der Waals surface area contributed by atoms with E-state index in [1.807, 2.05) is 30.3 Å². The molecule has 0 amide bonds. The lowest BCUT2D eigenvalue weighted by molar-refractivity contribution is 0.449. The van der Waals surface area contributed by atoms with Crippen molar-refractivity contribution >= 4 is 31.9 Å². The van der Waals surface area contributed by atoms with Gasteiger partial charge in [0, 0.05) is 5.56 Å². The molecule has 0 N–H and O–H groups in total. The van der Waals surface area contributed by atoms with E-state index in [1.54, 1.807) is 12.1 Å². The summed E-state index contributed by atoms with van der Waals surface area (Å²) < 4.78 is 27.9. The molecule has 4 heteroatoms. The molecule has 0 bridgehead atoms. The monoisotopic (exact) mass is 245 g/mol. The smallest absolute Gasteiger partial charge is 0.264 e. The first-order valence-corrected chi connectivity index (χ1v) is 6.47. The summed E-state index contributed by atoms with van der Waals surface area (Å²) in [5.74, 6) is 0. The molecule has 3 rings (SSSR count). The number of hydrogen-bond acceptors (Lipinski definition) is 3. The van der Waals surface area contributed by atoms with Gasteiger partial charge in [0.25, 0.3) is 10.1 Å². The molecule has 0 saturated carbocycles. The van der Waals surface area contributed by atoms with Crippen LogP contribution in [0, 0.1) is 7.11 Å². The summed E-state index contributed by atoms with van der Waals surface area (Å²) in [6.07, 6.45) is 1.62.